The Morgan fingerprint density at radius 2 is 2.08 bits per heavy atom. The molecule has 1 saturated heterocycles. The van der Waals surface area contributed by atoms with Crippen LogP contribution in [-0.2, 0) is 11.3 Å². The number of ether oxygens (including phenoxy) is 1. The summed E-state index contributed by atoms with van der Waals surface area (Å²) in [5.74, 6) is 0.360. The maximum absolute atomic E-state index is 14.4. The van der Waals surface area contributed by atoms with Crippen LogP contribution in [0.1, 0.15) is 30.8 Å². The molecule has 1 aromatic heterocycles. The van der Waals surface area contributed by atoms with Gasteiger partial charge in [-0.3, -0.25) is 0 Å². The number of anilines is 1. The molecule has 0 saturated carbocycles. The summed E-state index contributed by atoms with van der Waals surface area (Å²) < 4.78 is 24.9. The molecule has 0 aliphatic carbocycles. The number of hydrogen-bond donors (Lipinski definition) is 2. The summed E-state index contributed by atoms with van der Waals surface area (Å²) in [6.07, 6.45) is 1.44. The molecule has 5 nitrogen and oxygen atoms in total. The predicted molar refractivity (Wildman–Crippen MR) is 94.0 cm³/mol. The third-order valence-corrected chi connectivity index (χ3v) is 4.47. The van der Waals surface area contributed by atoms with E-state index in [0.29, 0.717) is 37.6 Å². The van der Waals surface area contributed by atoms with Gasteiger partial charge in [0.25, 0.3) is 0 Å². The Bertz CT molecular complexity index is 657. The van der Waals surface area contributed by atoms with Crippen LogP contribution in [0.15, 0.2) is 41.0 Å². The third-order valence-electron chi connectivity index (χ3n) is 4.47. The maximum Gasteiger partial charge on any atom is 0.146 e. The molecule has 6 heteroatoms. The average Bonchev–Trinajstić information content (AvgIpc) is 3.15. The van der Waals surface area contributed by atoms with Gasteiger partial charge in [0.1, 0.15) is 17.7 Å². The fourth-order valence-corrected chi connectivity index (χ4v) is 3.03. The highest BCUT2D eigenvalue weighted by molar-refractivity contribution is 5.49. The van der Waals surface area contributed by atoms with E-state index in [1.807, 2.05) is 24.0 Å². The molecule has 2 heterocycles. The number of nitrogens with zero attached hydrogens (tertiary/aromatic N) is 1. The SMILES string of the molecule is CC(CC(O)c1ccco1)NCc1ccc(N2CCOCC2)c(F)c1. The fraction of sp³-hybridized carbons (Fsp3) is 0.474. The largest absolute Gasteiger partial charge is 0.467 e. The van der Waals surface area contributed by atoms with Crippen LogP contribution in [0.5, 0.6) is 0 Å². The van der Waals surface area contributed by atoms with Gasteiger partial charge < -0.3 is 24.5 Å². The van der Waals surface area contributed by atoms with Gasteiger partial charge in [0, 0.05) is 25.7 Å². The Kier molecular flexibility index (Phi) is 6.07. The molecular formula is C19H25FN2O3. The minimum absolute atomic E-state index is 0.0714. The van der Waals surface area contributed by atoms with E-state index in [2.05, 4.69) is 5.32 Å². The highest BCUT2D eigenvalue weighted by atomic mass is 19.1. The molecule has 2 atom stereocenters. The molecule has 1 aliphatic rings. The molecule has 2 N–H and O–H groups in total. The number of benzene rings is 1. The molecule has 0 radical (unpaired) electrons. The number of rotatable bonds is 7. The highest BCUT2D eigenvalue weighted by Crippen LogP contribution is 2.22. The van der Waals surface area contributed by atoms with E-state index < -0.39 is 6.10 Å². The monoisotopic (exact) mass is 348 g/mol. The van der Waals surface area contributed by atoms with Crippen molar-refractivity contribution in [2.24, 2.45) is 0 Å². The Hall–Kier alpha value is -1.89. The van der Waals surface area contributed by atoms with Crippen LogP contribution < -0.4 is 10.2 Å². The molecule has 2 aromatic rings. The summed E-state index contributed by atoms with van der Waals surface area (Å²) >= 11 is 0. The van der Waals surface area contributed by atoms with E-state index in [0.717, 1.165) is 18.7 Å². The van der Waals surface area contributed by atoms with E-state index in [1.165, 1.54) is 0 Å². The summed E-state index contributed by atoms with van der Waals surface area (Å²) in [5, 5.41) is 13.4. The number of aliphatic hydroxyl groups excluding tert-OH is 1. The van der Waals surface area contributed by atoms with Gasteiger partial charge in [0.05, 0.1) is 25.2 Å². The first kappa shape index (κ1) is 17.9. The van der Waals surface area contributed by atoms with E-state index in [9.17, 15) is 9.50 Å². The van der Waals surface area contributed by atoms with Crippen molar-refractivity contribution in [3.05, 3.63) is 53.7 Å². The highest BCUT2D eigenvalue weighted by Gasteiger charge is 2.16. The van der Waals surface area contributed by atoms with Gasteiger partial charge >= 0.3 is 0 Å². The average molecular weight is 348 g/mol. The van der Waals surface area contributed by atoms with E-state index in [1.54, 1.807) is 24.5 Å². The molecule has 3 rings (SSSR count). The van der Waals surface area contributed by atoms with Gasteiger partial charge in [0.2, 0.25) is 0 Å². The topological polar surface area (TPSA) is 57.9 Å². The molecule has 0 spiro atoms. The van der Waals surface area contributed by atoms with Crippen molar-refractivity contribution in [2.45, 2.75) is 32.0 Å². The second-order valence-electron chi connectivity index (χ2n) is 6.43. The summed E-state index contributed by atoms with van der Waals surface area (Å²) in [5.41, 5.74) is 1.52. The molecular weight excluding hydrogens is 323 g/mol. The first-order valence-electron chi connectivity index (χ1n) is 8.69. The van der Waals surface area contributed by atoms with Crippen molar-refractivity contribution >= 4 is 5.69 Å². The second kappa shape index (κ2) is 8.47. The lowest BCUT2D eigenvalue weighted by atomic mass is 10.1. The van der Waals surface area contributed by atoms with E-state index in [4.69, 9.17) is 9.15 Å². The lowest BCUT2D eigenvalue weighted by Gasteiger charge is -2.29. The van der Waals surface area contributed by atoms with Crippen molar-refractivity contribution in [3.63, 3.8) is 0 Å². The molecule has 1 aliphatic heterocycles. The standard InChI is InChI=1S/C19H25FN2O3/c1-14(11-18(23)19-3-2-8-25-19)21-13-15-4-5-17(16(20)12-15)22-6-9-24-10-7-22/h2-5,8,12,14,18,21,23H,6-7,9-11,13H2,1H3. The van der Waals surface area contributed by atoms with Gasteiger partial charge in [-0.2, -0.15) is 0 Å². The molecule has 25 heavy (non-hydrogen) atoms. The predicted octanol–water partition coefficient (Wildman–Crippen LogP) is 2.86. The minimum atomic E-state index is -0.641. The van der Waals surface area contributed by atoms with Gasteiger partial charge in [0.15, 0.2) is 0 Å². The zero-order valence-electron chi connectivity index (χ0n) is 14.5. The zero-order chi connectivity index (χ0) is 17.6. The summed E-state index contributed by atoms with van der Waals surface area (Å²) in [6.45, 7) is 5.25. The van der Waals surface area contributed by atoms with Gasteiger partial charge in [-0.05, 0) is 43.2 Å². The fourth-order valence-electron chi connectivity index (χ4n) is 3.03. The normalized spacial score (nSPS) is 17.5. The molecule has 0 amide bonds. The van der Waals surface area contributed by atoms with Crippen LogP contribution >= 0.6 is 0 Å². The number of nitrogens with one attached hydrogen (secondary N) is 1. The van der Waals surface area contributed by atoms with Crippen LogP contribution in [0.3, 0.4) is 0 Å². The molecule has 0 bridgehead atoms. The molecule has 2 unspecified atom stereocenters. The quantitative estimate of drug-likeness (QED) is 0.806. The summed E-state index contributed by atoms with van der Waals surface area (Å²) in [6, 6.07) is 8.94. The van der Waals surface area contributed by atoms with E-state index >= 15 is 0 Å². The Morgan fingerprint density at radius 1 is 1.28 bits per heavy atom. The number of morpholine rings is 1. The molecule has 136 valence electrons. The van der Waals surface area contributed by atoms with Crippen LogP contribution in [0, 0.1) is 5.82 Å². The van der Waals surface area contributed by atoms with Gasteiger partial charge in [-0.15, -0.1) is 0 Å². The van der Waals surface area contributed by atoms with Crippen molar-refractivity contribution in [3.8, 4) is 0 Å². The van der Waals surface area contributed by atoms with Crippen molar-refractivity contribution < 1.29 is 18.7 Å². The Balaban J connectivity index is 1.51. The summed E-state index contributed by atoms with van der Waals surface area (Å²) in [7, 11) is 0. The van der Waals surface area contributed by atoms with Crippen molar-refractivity contribution in [1.82, 2.24) is 5.32 Å². The smallest absolute Gasteiger partial charge is 0.146 e. The van der Waals surface area contributed by atoms with Crippen LogP contribution in [-0.4, -0.2) is 37.5 Å². The van der Waals surface area contributed by atoms with Crippen molar-refractivity contribution in [1.29, 1.82) is 0 Å². The number of furan rings is 1. The van der Waals surface area contributed by atoms with Crippen LogP contribution in [0.4, 0.5) is 10.1 Å². The van der Waals surface area contributed by atoms with Crippen LogP contribution in [0.25, 0.3) is 0 Å². The zero-order valence-corrected chi connectivity index (χ0v) is 14.5. The van der Waals surface area contributed by atoms with Crippen molar-refractivity contribution in [2.75, 3.05) is 31.2 Å². The minimum Gasteiger partial charge on any atom is -0.467 e. The van der Waals surface area contributed by atoms with Gasteiger partial charge in [-0.1, -0.05) is 6.07 Å². The Labute approximate surface area is 147 Å². The maximum atomic E-state index is 14.4. The lowest BCUT2D eigenvalue weighted by molar-refractivity contribution is 0.122. The Morgan fingerprint density at radius 3 is 2.76 bits per heavy atom. The van der Waals surface area contributed by atoms with E-state index in [-0.39, 0.29) is 11.9 Å². The second-order valence-corrected chi connectivity index (χ2v) is 6.43. The lowest BCUT2D eigenvalue weighted by Crippen LogP contribution is -2.36. The first-order chi connectivity index (χ1) is 12.1. The number of hydrogen-bond acceptors (Lipinski definition) is 5. The number of halogens is 1. The van der Waals surface area contributed by atoms with Crippen LogP contribution in [0.2, 0.25) is 0 Å². The number of aliphatic hydroxyl groups is 1. The first-order valence-corrected chi connectivity index (χ1v) is 8.69. The summed E-state index contributed by atoms with van der Waals surface area (Å²) in [4.78, 5) is 2.01. The molecule has 1 fully saturated rings. The van der Waals surface area contributed by atoms with Gasteiger partial charge in [-0.25, -0.2) is 4.39 Å². The third kappa shape index (κ3) is 4.81. The molecule has 1 aromatic carbocycles.